The van der Waals surface area contributed by atoms with Crippen LogP contribution in [0.5, 0.6) is 6.01 Å². The van der Waals surface area contributed by atoms with Gasteiger partial charge in [-0.25, -0.2) is 4.79 Å². The van der Waals surface area contributed by atoms with Gasteiger partial charge < -0.3 is 25.4 Å². The number of nitrogens with zero attached hydrogens (tertiary/aromatic N) is 4. The minimum Gasteiger partial charge on any atom is -0.465 e. The number of carboxylic acid groups (broad SMARTS) is 1. The van der Waals surface area contributed by atoms with Crippen molar-refractivity contribution in [3.63, 3.8) is 0 Å². The van der Waals surface area contributed by atoms with Crippen molar-refractivity contribution < 1.29 is 14.6 Å². The Labute approximate surface area is 153 Å². The normalized spacial score (nSPS) is 21.4. The first kappa shape index (κ1) is 18.8. The van der Waals surface area contributed by atoms with E-state index in [2.05, 4.69) is 20.6 Å². The first-order valence-corrected chi connectivity index (χ1v) is 9.07. The van der Waals surface area contributed by atoms with Gasteiger partial charge in [0, 0.05) is 38.3 Å². The molecule has 0 aliphatic carbocycles. The van der Waals surface area contributed by atoms with Gasteiger partial charge in [-0.2, -0.15) is 9.97 Å². The molecule has 1 saturated heterocycles. The maximum absolute atomic E-state index is 11.7. The van der Waals surface area contributed by atoms with E-state index in [9.17, 15) is 9.90 Å². The molecule has 2 aliphatic heterocycles. The van der Waals surface area contributed by atoms with Crippen molar-refractivity contribution >= 4 is 6.09 Å². The van der Waals surface area contributed by atoms with Gasteiger partial charge in [0.15, 0.2) is 0 Å². The van der Waals surface area contributed by atoms with Crippen LogP contribution in [0.4, 0.5) is 4.79 Å². The number of fused-ring (bicyclic) bond motifs is 1. The predicted molar refractivity (Wildman–Crippen MR) is 96.4 cm³/mol. The predicted octanol–water partition coefficient (Wildman–Crippen LogP) is 0.0755. The molecule has 144 valence electrons. The number of hydrogen-bond acceptors (Lipinski definition) is 7. The fourth-order valence-electron chi connectivity index (χ4n) is 3.60. The Balaban J connectivity index is 1.94. The van der Waals surface area contributed by atoms with Crippen LogP contribution in [-0.4, -0.2) is 83.9 Å². The molecule has 2 aliphatic rings. The number of hydrogen-bond donors (Lipinski definition) is 3. The molecular formula is C17H28N6O3. The van der Waals surface area contributed by atoms with E-state index in [-0.39, 0.29) is 12.1 Å². The highest BCUT2D eigenvalue weighted by atomic mass is 16.5. The number of piperazine rings is 1. The van der Waals surface area contributed by atoms with E-state index in [1.807, 2.05) is 25.9 Å². The molecule has 2 unspecified atom stereocenters. The number of likely N-dealkylation sites (N-methyl/N-ethyl adjacent to an activating group) is 1. The Morgan fingerprint density at radius 3 is 2.92 bits per heavy atom. The van der Waals surface area contributed by atoms with Gasteiger partial charge in [-0.3, -0.25) is 4.90 Å². The second-order valence-electron chi connectivity index (χ2n) is 7.13. The quantitative estimate of drug-likeness (QED) is 0.675. The van der Waals surface area contributed by atoms with Gasteiger partial charge in [0.05, 0.1) is 17.4 Å². The number of ether oxygens (including phenoxy) is 1. The Bertz CT molecular complexity index is 654. The summed E-state index contributed by atoms with van der Waals surface area (Å²) in [5.74, 6) is 0. The second kappa shape index (κ2) is 8.15. The van der Waals surface area contributed by atoms with Crippen LogP contribution in [0, 0.1) is 0 Å². The van der Waals surface area contributed by atoms with Crippen LogP contribution in [0.3, 0.4) is 0 Å². The highest BCUT2D eigenvalue weighted by molar-refractivity contribution is 5.66. The molecule has 1 amide bonds. The average Bonchev–Trinajstić information content (AvgIpc) is 2.60. The lowest BCUT2D eigenvalue weighted by Gasteiger charge is -2.35. The summed E-state index contributed by atoms with van der Waals surface area (Å²) in [6.07, 6.45) is -0.184. The molecule has 0 bridgehead atoms. The van der Waals surface area contributed by atoms with Gasteiger partial charge in [0.25, 0.3) is 0 Å². The summed E-state index contributed by atoms with van der Waals surface area (Å²) in [4.78, 5) is 24.5. The topological polar surface area (TPSA) is 103 Å². The summed E-state index contributed by atoms with van der Waals surface area (Å²) < 4.78 is 5.94. The first-order valence-electron chi connectivity index (χ1n) is 9.07. The fraction of sp³-hybridized carbons (Fsp3) is 0.706. The standard InChI is InChI=1S/C17H28N6O3/c1-11(10-22(2)3)26-16-20-13-8-18-5-4-12(13)15(21-16)14-9-19-6-7-23(14)17(24)25/h11,14,18-19H,4-10H2,1-3H3,(H,24,25). The number of carbonyl (C=O) groups is 1. The van der Waals surface area contributed by atoms with Crippen LogP contribution in [-0.2, 0) is 13.0 Å². The Hall–Kier alpha value is -1.97. The third-order valence-corrected chi connectivity index (χ3v) is 4.68. The number of nitrogens with one attached hydrogen (secondary N) is 2. The van der Waals surface area contributed by atoms with Crippen molar-refractivity contribution in [2.75, 3.05) is 46.8 Å². The molecule has 26 heavy (non-hydrogen) atoms. The van der Waals surface area contributed by atoms with Crippen LogP contribution in [0.2, 0.25) is 0 Å². The largest absolute Gasteiger partial charge is 0.465 e. The SMILES string of the molecule is CC(CN(C)C)Oc1nc2c(c(C3CNCCN3C(=O)O)n1)CCNC2. The van der Waals surface area contributed by atoms with Crippen molar-refractivity contribution in [1.82, 2.24) is 30.4 Å². The van der Waals surface area contributed by atoms with Crippen LogP contribution in [0.15, 0.2) is 0 Å². The molecule has 3 heterocycles. The van der Waals surface area contributed by atoms with E-state index in [0.717, 1.165) is 36.5 Å². The van der Waals surface area contributed by atoms with E-state index >= 15 is 0 Å². The third kappa shape index (κ3) is 4.22. The third-order valence-electron chi connectivity index (χ3n) is 4.68. The summed E-state index contributed by atoms with van der Waals surface area (Å²) in [6, 6.07) is 0.00955. The molecule has 2 atom stereocenters. The monoisotopic (exact) mass is 364 g/mol. The zero-order valence-electron chi connectivity index (χ0n) is 15.7. The van der Waals surface area contributed by atoms with Crippen LogP contribution in [0.25, 0.3) is 0 Å². The number of aromatic nitrogens is 2. The van der Waals surface area contributed by atoms with E-state index in [0.29, 0.717) is 32.2 Å². The maximum atomic E-state index is 11.7. The Kier molecular flexibility index (Phi) is 5.90. The molecule has 0 radical (unpaired) electrons. The maximum Gasteiger partial charge on any atom is 0.407 e. The molecule has 3 N–H and O–H groups in total. The van der Waals surface area contributed by atoms with Crippen molar-refractivity contribution in [2.45, 2.75) is 32.0 Å². The van der Waals surface area contributed by atoms with E-state index in [1.54, 1.807) is 0 Å². The fourth-order valence-corrected chi connectivity index (χ4v) is 3.60. The summed E-state index contributed by atoms with van der Waals surface area (Å²) in [5.41, 5.74) is 2.73. The van der Waals surface area contributed by atoms with Gasteiger partial charge in [-0.15, -0.1) is 0 Å². The molecule has 1 aromatic rings. The smallest absolute Gasteiger partial charge is 0.407 e. The van der Waals surface area contributed by atoms with Crippen molar-refractivity contribution in [1.29, 1.82) is 0 Å². The lowest BCUT2D eigenvalue weighted by Crippen LogP contribution is -2.49. The van der Waals surface area contributed by atoms with Gasteiger partial charge in [-0.1, -0.05) is 0 Å². The lowest BCUT2D eigenvalue weighted by atomic mass is 9.98. The van der Waals surface area contributed by atoms with E-state index in [4.69, 9.17) is 4.74 Å². The Morgan fingerprint density at radius 1 is 1.38 bits per heavy atom. The van der Waals surface area contributed by atoms with Crippen LogP contribution in [0.1, 0.15) is 29.9 Å². The van der Waals surface area contributed by atoms with E-state index < -0.39 is 6.09 Å². The minimum absolute atomic E-state index is 0.0625. The van der Waals surface area contributed by atoms with Crippen LogP contribution >= 0.6 is 0 Å². The van der Waals surface area contributed by atoms with Crippen molar-refractivity contribution in [3.8, 4) is 6.01 Å². The zero-order valence-corrected chi connectivity index (χ0v) is 15.7. The Morgan fingerprint density at radius 2 is 2.19 bits per heavy atom. The highest BCUT2D eigenvalue weighted by Gasteiger charge is 2.33. The van der Waals surface area contributed by atoms with Crippen LogP contribution < -0.4 is 15.4 Å². The number of rotatable bonds is 5. The average molecular weight is 364 g/mol. The molecule has 3 rings (SSSR count). The lowest BCUT2D eigenvalue weighted by molar-refractivity contribution is 0.109. The van der Waals surface area contributed by atoms with Gasteiger partial charge in [-0.05, 0) is 34.0 Å². The van der Waals surface area contributed by atoms with Gasteiger partial charge in [0.2, 0.25) is 0 Å². The minimum atomic E-state index is -0.916. The van der Waals surface area contributed by atoms with Crippen molar-refractivity contribution in [2.24, 2.45) is 0 Å². The second-order valence-corrected chi connectivity index (χ2v) is 7.13. The summed E-state index contributed by atoms with van der Waals surface area (Å²) in [7, 11) is 3.97. The molecule has 0 aromatic carbocycles. The molecule has 9 heteroatoms. The molecule has 1 aromatic heterocycles. The first-order chi connectivity index (χ1) is 12.5. The van der Waals surface area contributed by atoms with E-state index in [1.165, 1.54) is 4.90 Å². The molecule has 0 saturated carbocycles. The van der Waals surface area contributed by atoms with Gasteiger partial charge in [0.1, 0.15) is 6.10 Å². The highest BCUT2D eigenvalue weighted by Crippen LogP contribution is 2.29. The summed E-state index contributed by atoms with van der Waals surface area (Å²) in [5, 5.41) is 16.2. The molecular weight excluding hydrogens is 336 g/mol. The number of amides is 1. The van der Waals surface area contributed by atoms with Crippen molar-refractivity contribution in [3.05, 3.63) is 17.0 Å². The van der Waals surface area contributed by atoms with Gasteiger partial charge >= 0.3 is 12.1 Å². The molecule has 1 fully saturated rings. The summed E-state index contributed by atoms with van der Waals surface area (Å²) >= 11 is 0. The zero-order chi connectivity index (χ0) is 18.7. The molecule has 0 spiro atoms. The summed E-state index contributed by atoms with van der Waals surface area (Å²) in [6.45, 7) is 5.87. The molecule has 9 nitrogen and oxygen atoms in total.